The van der Waals surface area contributed by atoms with Gasteiger partial charge < -0.3 is 10.1 Å². The molecule has 1 amide bonds. The van der Waals surface area contributed by atoms with Crippen LogP contribution in [0.5, 0.6) is 5.75 Å². The molecule has 1 aromatic rings. The van der Waals surface area contributed by atoms with E-state index in [2.05, 4.69) is 33.3 Å². The van der Waals surface area contributed by atoms with Gasteiger partial charge in [0.25, 0.3) is 0 Å². The molecule has 1 saturated heterocycles. The van der Waals surface area contributed by atoms with Crippen molar-refractivity contribution in [1.82, 2.24) is 15.1 Å². The van der Waals surface area contributed by atoms with Gasteiger partial charge in [0.1, 0.15) is 5.75 Å². The second kappa shape index (κ2) is 7.53. The molecule has 132 valence electrons. The van der Waals surface area contributed by atoms with Gasteiger partial charge in [-0.25, -0.2) is 0 Å². The van der Waals surface area contributed by atoms with E-state index < -0.39 is 0 Å². The second-order valence-electron chi connectivity index (χ2n) is 7.15. The van der Waals surface area contributed by atoms with Gasteiger partial charge in [0.2, 0.25) is 5.91 Å². The first-order valence-electron chi connectivity index (χ1n) is 8.99. The Morgan fingerprint density at radius 1 is 1.29 bits per heavy atom. The molecule has 0 spiro atoms. The van der Waals surface area contributed by atoms with Crippen LogP contribution in [0.15, 0.2) is 18.2 Å². The number of hydrogen-bond acceptors (Lipinski definition) is 4. The zero-order valence-corrected chi connectivity index (χ0v) is 15.0. The predicted octanol–water partition coefficient (Wildman–Crippen LogP) is 1.82. The topological polar surface area (TPSA) is 44.8 Å². The van der Waals surface area contributed by atoms with E-state index in [1.165, 1.54) is 17.5 Å². The number of ether oxygens (including phenoxy) is 1. The summed E-state index contributed by atoms with van der Waals surface area (Å²) in [4.78, 5) is 16.7. The van der Waals surface area contributed by atoms with Gasteiger partial charge in [0.05, 0.1) is 13.7 Å². The van der Waals surface area contributed by atoms with Crippen LogP contribution in [0.1, 0.15) is 37.4 Å². The van der Waals surface area contributed by atoms with Gasteiger partial charge in [-0.2, -0.15) is 0 Å². The Morgan fingerprint density at radius 2 is 2.04 bits per heavy atom. The van der Waals surface area contributed by atoms with Crippen LogP contribution in [0.4, 0.5) is 0 Å². The van der Waals surface area contributed by atoms with Crippen molar-refractivity contribution in [1.29, 1.82) is 0 Å². The molecule has 0 aromatic heterocycles. The minimum atomic E-state index is 0.134. The summed E-state index contributed by atoms with van der Waals surface area (Å²) < 4.78 is 5.40. The number of hydrogen-bond donors (Lipinski definition) is 1. The van der Waals surface area contributed by atoms with Gasteiger partial charge in [-0.05, 0) is 49.9 Å². The summed E-state index contributed by atoms with van der Waals surface area (Å²) in [5, 5.41) is 2.97. The van der Waals surface area contributed by atoms with E-state index >= 15 is 0 Å². The van der Waals surface area contributed by atoms with E-state index in [1.807, 2.05) is 13.8 Å². The highest BCUT2D eigenvalue weighted by atomic mass is 16.5. The van der Waals surface area contributed by atoms with Crippen LogP contribution < -0.4 is 10.1 Å². The summed E-state index contributed by atoms with van der Waals surface area (Å²) in [5.41, 5.74) is 2.89. The molecule has 5 heteroatoms. The average molecular weight is 331 g/mol. The van der Waals surface area contributed by atoms with Crippen molar-refractivity contribution in [2.24, 2.45) is 0 Å². The molecular weight excluding hydrogens is 302 g/mol. The minimum absolute atomic E-state index is 0.134. The summed E-state index contributed by atoms with van der Waals surface area (Å²) >= 11 is 0. The molecule has 1 heterocycles. The molecule has 0 bridgehead atoms. The number of aryl methyl sites for hydroxylation is 1. The molecule has 1 aromatic carbocycles. The minimum Gasteiger partial charge on any atom is -0.497 e. The number of nitrogens with one attached hydrogen (secondary N) is 1. The van der Waals surface area contributed by atoms with Crippen LogP contribution in [-0.4, -0.2) is 61.6 Å². The van der Waals surface area contributed by atoms with E-state index in [9.17, 15) is 4.79 Å². The highest BCUT2D eigenvalue weighted by Crippen LogP contribution is 2.38. The Bertz CT molecular complexity index is 580. The van der Waals surface area contributed by atoms with Crippen molar-refractivity contribution in [3.63, 3.8) is 0 Å². The Morgan fingerprint density at radius 3 is 2.71 bits per heavy atom. The van der Waals surface area contributed by atoms with Crippen LogP contribution in [0.2, 0.25) is 0 Å². The maximum absolute atomic E-state index is 11.9. The van der Waals surface area contributed by atoms with Crippen molar-refractivity contribution in [2.75, 3.05) is 39.8 Å². The molecule has 1 aliphatic carbocycles. The smallest absolute Gasteiger partial charge is 0.234 e. The van der Waals surface area contributed by atoms with Crippen molar-refractivity contribution in [3.8, 4) is 5.75 Å². The summed E-state index contributed by atoms with van der Waals surface area (Å²) in [5.74, 6) is 1.08. The summed E-state index contributed by atoms with van der Waals surface area (Å²) in [6, 6.07) is 7.19. The first-order chi connectivity index (χ1) is 11.6. The standard InChI is InChI=1S/C19H29N3O2/c1-14(2)20-19(23)13-21-8-10-22(11-9-21)18-7-5-15-4-6-16(24-3)12-17(15)18/h4,6,12,14,18H,5,7-11,13H2,1-3H3,(H,20,23). The molecule has 0 saturated carbocycles. The van der Waals surface area contributed by atoms with Gasteiger partial charge in [0.15, 0.2) is 0 Å². The molecule has 0 radical (unpaired) electrons. The van der Waals surface area contributed by atoms with Gasteiger partial charge >= 0.3 is 0 Å². The Labute approximate surface area is 145 Å². The molecular formula is C19H29N3O2. The fourth-order valence-corrected chi connectivity index (χ4v) is 3.87. The summed E-state index contributed by atoms with van der Waals surface area (Å²) in [6.07, 6.45) is 2.34. The lowest BCUT2D eigenvalue weighted by atomic mass is 10.1. The van der Waals surface area contributed by atoms with Gasteiger partial charge in [-0.1, -0.05) is 6.07 Å². The summed E-state index contributed by atoms with van der Waals surface area (Å²) in [6.45, 7) is 8.49. The van der Waals surface area contributed by atoms with Crippen LogP contribution in [-0.2, 0) is 11.2 Å². The van der Waals surface area contributed by atoms with Gasteiger partial charge in [-0.15, -0.1) is 0 Å². The number of amides is 1. The van der Waals surface area contributed by atoms with E-state index in [-0.39, 0.29) is 11.9 Å². The fraction of sp³-hybridized carbons (Fsp3) is 0.632. The number of benzene rings is 1. The quantitative estimate of drug-likeness (QED) is 0.894. The van der Waals surface area contributed by atoms with Crippen LogP contribution >= 0.6 is 0 Å². The van der Waals surface area contributed by atoms with Crippen LogP contribution in [0, 0.1) is 0 Å². The number of carbonyl (C=O) groups excluding carboxylic acids is 1. The lowest BCUT2D eigenvalue weighted by Crippen LogP contribution is -2.50. The Balaban J connectivity index is 1.56. The first-order valence-corrected chi connectivity index (χ1v) is 8.99. The predicted molar refractivity (Wildman–Crippen MR) is 95.3 cm³/mol. The Hall–Kier alpha value is -1.59. The third-order valence-electron chi connectivity index (χ3n) is 5.06. The van der Waals surface area contributed by atoms with Crippen molar-refractivity contribution >= 4 is 5.91 Å². The monoisotopic (exact) mass is 331 g/mol. The lowest BCUT2D eigenvalue weighted by molar-refractivity contribution is -0.123. The van der Waals surface area contributed by atoms with Crippen LogP contribution in [0.3, 0.4) is 0 Å². The van der Waals surface area contributed by atoms with Crippen molar-refractivity contribution < 1.29 is 9.53 Å². The van der Waals surface area contributed by atoms with Gasteiger partial charge in [-0.3, -0.25) is 14.6 Å². The largest absolute Gasteiger partial charge is 0.497 e. The zero-order chi connectivity index (χ0) is 17.1. The van der Waals surface area contributed by atoms with E-state index in [4.69, 9.17) is 4.74 Å². The van der Waals surface area contributed by atoms with Crippen LogP contribution in [0.25, 0.3) is 0 Å². The number of rotatable bonds is 5. The SMILES string of the molecule is COc1ccc2c(c1)C(N1CCN(CC(=O)NC(C)C)CC1)CC2. The normalized spacial score (nSPS) is 21.8. The number of piperazine rings is 1. The molecule has 1 N–H and O–H groups in total. The van der Waals surface area contributed by atoms with Crippen molar-refractivity contribution in [2.45, 2.75) is 38.8 Å². The third kappa shape index (κ3) is 3.90. The molecule has 5 nitrogen and oxygen atoms in total. The van der Waals surface area contributed by atoms with Crippen molar-refractivity contribution in [3.05, 3.63) is 29.3 Å². The van der Waals surface area contributed by atoms with Gasteiger partial charge in [0, 0.05) is 38.3 Å². The molecule has 24 heavy (non-hydrogen) atoms. The van der Waals surface area contributed by atoms with E-state index in [0.717, 1.165) is 38.3 Å². The maximum Gasteiger partial charge on any atom is 0.234 e. The Kier molecular flexibility index (Phi) is 5.41. The fourth-order valence-electron chi connectivity index (χ4n) is 3.87. The number of carbonyl (C=O) groups is 1. The molecule has 1 aliphatic heterocycles. The first kappa shape index (κ1) is 17.2. The zero-order valence-electron chi connectivity index (χ0n) is 15.0. The molecule has 1 unspecified atom stereocenters. The average Bonchev–Trinajstić information content (AvgIpc) is 2.97. The highest BCUT2D eigenvalue weighted by molar-refractivity contribution is 5.78. The highest BCUT2D eigenvalue weighted by Gasteiger charge is 2.30. The second-order valence-corrected chi connectivity index (χ2v) is 7.15. The third-order valence-corrected chi connectivity index (χ3v) is 5.06. The maximum atomic E-state index is 11.9. The molecule has 3 rings (SSSR count). The van der Waals surface area contributed by atoms with E-state index in [1.54, 1.807) is 7.11 Å². The molecule has 1 atom stereocenters. The lowest BCUT2D eigenvalue weighted by Gasteiger charge is -2.38. The summed E-state index contributed by atoms with van der Waals surface area (Å²) in [7, 11) is 1.73. The number of methoxy groups -OCH3 is 1. The molecule has 2 aliphatic rings. The number of nitrogens with zero attached hydrogens (tertiary/aromatic N) is 2. The molecule has 1 fully saturated rings. The van der Waals surface area contributed by atoms with E-state index in [0.29, 0.717) is 12.6 Å². The number of fused-ring (bicyclic) bond motifs is 1.